The Morgan fingerprint density at radius 3 is 2.37 bits per heavy atom. The van der Waals surface area contributed by atoms with Gasteiger partial charge in [0.1, 0.15) is 6.04 Å². The van der Waals surface area contributed by atoms with Crippen LogP contribution in [0, 0.1) is 11.8 Å². The Morgan fingerprint density at radius 2 is 1.77 bits per heavy atom. The summed E-state index contributed by atoms with van der Waals surface area (Å²) in [6, 6.07) is -0.493. The number of carbonyl (C=O) groups is 3. The summed E-state index contributed by atoms with van der Waals surface area (Å²) in [7, 11) is 1.91. The van der Waals surface area contributed by atoms with Gasteiger partial charge in [-0.1, -0.05) is 37.4 Å². The quantitative estimate of drug-likeness (QED) is 0.373. The zero-order valence-electron chi connectivity index (χ0n) is 18.0. The fraction of sp³-hybridized carbons (Fsp3) is 0.810. The summed E-state index contributed by atoms with van der Waals surface area (Å²) in [5.41, 5.74) is 2.41. The van der Waals surface area contributed by atoms with E-state index in [1.54, 1.807) is 11.8 Å². The molecule has 3 rings (SSSR count). The number of Topliss-reactive ketones (excluding diaryl/α,β-unsaturated/α-hetero) is 1. The number of amidine groups is 1. The van der Waals surface area contributed by atoms with Crippen LogP contribution in [0.3, 0.4) is 0 Å². The number of nitrogens with one attached hydrogen (secondary N) is 2. The lowest BCUT2D eigenvalue weighted by Gasteiger charge is -2.30. The topological polar surface area (TPSA) is 100 Å². The first-order valence-electron chi connectivity index (χ1n) is 11.1. The lowest BCUT2D eigenvalue weighted by molar-refractivity contribution is -0.142. The summed E-state index contributed by atoms with van der Waals surface area (Å²) < 4.78 is 5.41. The molecule has 0 bridgehead atoms. The van der Waals surface area contributed by atoms with Crippen molar-refractivity contribution in [2.75, 3.05) is 26.0 Å². The Morgan fingerprint density at radius 1 is 1.10 bits per heavy atom. The molecule has 8 nitrogen and oxygen atoms in total. The second-order valence-corrected chi connectivity index (χ2v) is 9.58. The maximum Gasteiger partial charge on any atom is 0.309 e. The van der Waals surface area contributed by atoms with E-state index in [1.807, 2.05) is 11.9 Å². The molecule has 9 heteroatoms. The van der Waals surface area contributed by atoms with E-state index in [0.717, 1.165) is 44.3 Å². The first kappa shape index (κ1) is 23.1. The number of thioether (sulfide) groups is 1. The van der Waals surface area contributed by atoms with E-state index in [4.69, 9.17) is 4.74 Å². The Hall–Kier alpha value is -1.61. The minimum atomic E-state index is -0.822. The Bertz CT molecular complexity index is 657. The number of hydrogen-bond acceptors (Lipinski definition) is 6. The molecule has 1 saturated carbocycles. The van der Waals surface area contributed by atoms with Crippen molar-refractivity contribution in [3.8, 4) is 0 Å². The van der Waals surface area contributed by atoms with Gasteiger partial charge in [0.2, 0.25) is 11.7 Å². The number of ketones is 1. The van der Waals surface area contributed by atoms with Crippen molar-refractivity contribution < 1.29 is 19.1 Å². The molecule has 0 aromatic rings. The second-order valence-electron chi connectivity index (χ2n) is 8.60. The molecule has 0 radical (unpaired) electrons. The van der Waals surface area contributed by atoms with Crippen LogP contribution in [0.2, 0.25) is 0 Å². The molecule has 1 aliphatic carbocycles. The van der Waals surface area contributed by atoms with Crippen LogP contribution in [0.1, 0.15) is 58.3 Å². The highest BCUT2D eigenvalue weighted by molar-refractivity contribution is 8.14. The van der Waals surface area contributed by atoms with Gasteiger partial charge in [-0.2, -0.15) is 0 Å². The smallest absolute Gasteiger partial charge is 0.309 e. The average Bonchev–Trinajstić information content (AvgIpc) is 2.95. The minimum absolute atomic E-state index is 0.0732. The van der Waals surface area contributed by atoms with Gasteiger partial charge in [0, 0.05) is 38.0 Å². The molecule has 2 amide bonds. The normalized spacial score (nSPS) is 26.3. The Kier molecular flexibility index (Phi) is 8.56. The highest BCUT2D eigenvalue weighted by Gasteiger charge is 2.36. The van der Waals surface area contributed by atoms with Crippen molar-refractivity contribution in [3.05, 3.63) is 0 Å². The van der Waals surface area contributed by atoms with E-state index in [-0.39, 0.29) is 17.7 Å². The molecule has 2 aliphatic heterocycles. The standard InChI is InChI=1S/C21H34N4O4S/c1-14-13-30-21(25(14)2)24-23-20(28)18(26)17(15-9-11-29-12-10-15)22-19(27)16-7-5-3-4-6-8-16/h14-17H,3-13H2,1-2H3,(H,22,27)(H,23,28)/t14-,17-/m0/s1. The molecule has 2 heterocycles. The van der Waals surface area contributed by atoms with Gasteiger partial charge in [0.05, 0.1) is 0 Å². The molecule has 2 saturated heterocycles. The minimum Gasteiger partial charge on any atom is -0.381 e. The molecular weight excluding hydrogens is 404 g/mol. The van der Waals surface area contributed by atoms with E-state index >= 15 is 0 Å². The van der Waals surface area contributed by atoms with Crippen LogP contribution in [0.5, 0.6) is 0 Å². The van der Waals surface area contributed by atoms with E-state index < -0.39 is 17.7 Å². The molecule has 0 aromatic heterocycles. The Labute approximate surface area is 182 Å². The van der Waals surface area contributed by atoms with E-state index in [2.05, 4.69) is 22.8 Å². The number of carbonyl (C=O) groups excluding carboxylic acids is 3. The summed E-state index contributed by atoms with van der Waals surface area (Å²) in [6.45, 7) is 3.15. The molecule has 3 fully saturated rings. The van der Waals surface area contributed by atoms with E-state index in [1.165, 1.54) is 0 Å². The summed E-state index contributed by atoms with van der Waals surface area (Å²) in [6.07, 6.45) is 7.38. The number of amides is 2. The summed E-state index contributed by atoms with van der Waals surface area (Å²) >= 11 is 1.54. The highest BCUT2D eigenvalue weighted by Crippen LogP contribution is 2.25. The van der Waals surface area contributed by atoms with Crippen LogP contribution in [-0.4, -0.2) is 65.8 Å². The second kappa shape index (κ2) is 11.1. The predicted molar refractivity (Wildman–Crippen MR) is 117 cm³/mol. The number of rotatable bonds is 6. The van der Waals surface area contributed by atoms with Crippen LogP contribution in [0.15, 0.2) is 5.10 Å². The van der Waals surface area contributed by atoms with Gasteiger partial charge in [0.25, 0.3) is 0 Å². The van der Waals surface area contributed by atoms with Crippen molar-refractivity contribution in [1.82, 2.24) is 15.6 Å². The number of ether oxygens (including phenoxy) is 1. The van der Waals surface area contributed by atoms with Crippen molar-refractivity contribution in [2.45, 2.75) is 70.4 Å². The van der Waals surface area contributed by atoms with Crippen molar-refractivity contribution in [3.63, 3.8) is 0 Å². The van der Waals surface area contributed by atoms with Crippen LogP contribution in [-0.2, 0) is 19.1 Å². The zero-order chi connectivity index (χ0) is 21.5. The van der Waals surface area contributed by atoms with E-state index in [0.29, 0.717) is 37.3 Å². The average molecular weight is 439 g/mol. The summed E-state index contributed by atoms with van der Waals surface area (Å²) in [5.74, 6) is -0.762. The molecule has 2 N–H and O–H groups in total. The molecule has 3 aliphatic rings. The van der Waals surface area contributed by atoms with E-state index in [9.17, 15) is 14.4 Å². The van der Waals surface area contributed by atoms with Crippen molar-refractivity contribution in [2.24, 2.45) is 16.9 Å². The summed E-state index contributed by atoms with van der Waals surface area (Å²) in [4.78, 5) is 40.5. The highest BCUT2D eigenvalue weighted by atomic mass is 32.2. The summed E-state index contributed by atoms with van der Waals surface area (Å²) in [5, 5.41) is 7.76. The maximum absolute atomic E-state index is 13.0. The van der Waals surface area contributed by atoms with Gasteiger partial charge in [0.15, 0.2) is 5.17 Å². The number of nitrogens with zero attached hydrogens (tertiary/aromatic N) is 2. The van der Waals surface area contributed by atoms with Gasteiger partial charge < -0.3 is 15.0 Å². The monoisotopic (exact) mass is 438 g/mol. The fourth-order valence-electron chi connectivity index (χ4n) is 4.26. The van der Waals surface area contributed by atoms with Gasteiger partial charge in [-0.15, -0.1) is 5.10 Å². The maximum atomic E-state index is 13.0. The molecule has 0 aromatic carbocycles. The van der Waals surface area contributed by atoms with Gasteiger partial charge in [-0.05, 0) is 38.5 Å². The lowest BCUT2D eigenvalue weighted by atomic mass is 9.87. The molecule has 0 spiro atoms. The Balaban J connectivity index is 1.66. The van der Waals surface area contributed by atoms with Gasteiger partial charge in [-0.25, -0.2) is 5.43 Å². The zero-order valence-corrected chi connectivity index (χ0v) is 18.8. The third kappa shape index (κ3) is 5.97. The third-order valence-electron chi connectivity index (χ3n) is 6.44. The largest absolute Gasteiger partial charge is 0.381 e. The number of hydrazone groups is 1. The third-order valence-corrected chi connectivity index (χ3v) is 7.72. The molecule has 30 heavy (non-hydrogen) atoms. The van der Waals surface area contributed by atoms with Crippen LogP contribution >= 0.6 is 11.8 Å². The SMILES string of the molecule is C[C@H]1CSC(=NNC(=O)C(=O)[C@@H](NC(=O)C2CCCCCC2)C2CCOCC2)N1C. The van der Waals surface area contributed by atoms with Crippen LogP contribution < -0.4 is 10.7 Å². The first-order chi connectivity index (χ1) is 14.5. The fourth-order valence-corrected chi connectivity index (χ4v) is 5.37. The van der Waals surface area contributed by atoms with Crippen LogP contribution in [0.4, 0.5) is 0 Å². The van der Waals surface area contributed by atoms with Crippen molar-refractivity contribution >= 4 is 34.5 Å². The molecule has 0 unspecified atom stereocenters. The van der Waals surface area contributed by atoms with Gasteiger partial charge in [-0.3, -0.25) is 14.4 Å². The first-order valence-corrected chi connectivity index (χ1v) is 12.1. The molecular formula is C21H34N4O4S. The predicted octanol–water partition coefficient (Wildman–Crippen LogP) is 1.89. The number of hydrogen-bond donors (Lipinski definition) is 2. The van der Waals surface area contributed by atoms with Gasteiger partial charge >= 0.3 is 5.91 Å². The lowest BCUT2D eigenvalue weighted by Crippen LogP contribution is -2.53. The van der Waals surface area contributed by atoms with Crippen molar-refractivity contribution in [1.29, 1.82) is 0 Å². The molecule has 2 atom stereocenters. The molecule has 168 valence electrons. The van der Waals surface area contributed by atoms with Crippen LogP contribution in [0.25, 0.3) is 0 Å².